The minimum Gasteiger partial charge on any atom is -0.333 e. The number of amides is 1. The van der Waals surface area contributed by atoms with Crippen LogP contribution in [-0.4, -0.2) is 22.3 Å². The summed E-state index contributed by atoms with van der Waals surface area (Å²) in [6.45, 7) is 2.79. The summed E-state index contributed by atoms with van der Waals surface area (Å²) in [6, 6.07) is 14.2. The zero-order chi connectivity index (χ0) is 21.3. The Bertz CT molecular complexity index is 1100. The predicted octanol–water partition coefficient (Wildman–Crippen LogP) is 5.93. The summed E-state index contributed by atoms with van der Waals surface area (Å²) in [4.78, 5) is 19.1. The summed E-state index contributed by atoms with van der Waals surface area (Å²) in [7, 11) is 0. The number of carbonyl (C=O) groups is 1. The van der Waals surface area contributed by atoms with E-state index in [0.29, 0.717) is 23.5 Å². The fraction of sp³-hybridized carbons (Fsp3) is 0.217. The van der Waals surface area contributed by atoms with Gasteiger partial charge < -0.3 is 4.90 Å². The minimum atomic E-state index is -3.32. The Morgan fingerprint density at radius 1 is 1.23 bits per heavy atom. The quantitative estimate of drug-likeness (QED) is 0.467. The van der Waals surface area contributed by atoms with Gasteiger partial charge in [0.25, 0.3) is 0 Å². The Labute approximate surface area is 182 Å². The van der Waals surface area contributed by atoms with E-state index in [4.69, 9.17) is 11.6 Å². The number of nitrogens with zero attached hydrogens (tertiary/aromatic N) is 2. The molecule has 7 heteroatoms. The molecule has 0 N–H and O–H groups in total. The van der Waals surface area contributed by atoms with Crippen molar-refractivity contribution in [3.63, 3.8) is 0 Å². The van der Waals surface area contributed by atoms with Gasteiger partial charge >= 0.3 is 5.92 Å². The first-order valence-corrected chi connectivity index (χ1v) is 10.7. The van der Waals surface area contributed by atoms with Crippen molar-refractivity contribution in [2.75, 3.05) is 6.54 Å². The second kappa shape index (κ2) is 8.28. The molecule has 2 aromatic heterocycles. The highest BCUT2D eigenvalue weighted by Gasteiger charge is 2.33. The SMILES string of the molecule is Cc1ccccc1[C@H]1CN(C(=O)/C=C/C(F)(F)c2ccccn2)Cc2sc(Cl)cc21. The van der Waals surface area contributed by atoms with Crippen LogP contribution in [0.1, 0.15) is 33.2 Å². The van der Waals surface area contributed by atoms with E-state index in [9.17, 15) is 13.6 Å². The molecular formula is C23H19ClF2N2OS. The molecule has 3 heterocycles. The van der Waals surface area contributed by atoms with Crippen LogP contribution in [-0.2, 0) is 17.3 Å². The van der Waals surface area contributed by atoms with Crippen LogP contribution in [0.5, 0.6) is 0 Å². The lowest BCUT2D eigenvalue weighted by Crippen LogP contribution is -2.37. The van der Waals surface area contributed by atoms with Crippen molar-refractivity contribution in [2.24, 2.45) is 0 Å². The smallest absolute Gasteiger partial charge is 0.308 e. The van der Waals surface area contributed by atoms with Crippen molar-refractivity contribution in [2.45, 2.75) is 25.3 Å². The highest BCUT2D eigenvalue weighted by Crippen LogP contribution is 2.41. The van der Waals surface area contributed by atoms with E-state index in [1.165, 1.54) is 29.7 Å². The van der Waals surface area contributed by atoms with Crippen LogP contribution in [0, 0.1) is 6.92 Å². The molecule has 0 spiro atoms. The zero-order valence-corrected chi connectivity index (χ0v) is 17.8. The summed E-state index contributed by atoms with van der Waals surface area (Å²) < 4.78 is 29.4. The Balaban J connectivity index is 1.61. The van der Waals surface area contributed by atoms with Gasteiger partial charge in [-0.25, -0.2) is 0 Å². The molecule has 4 rings (SSSR count). The third-order valence-corrected chi connectivity index (χ3v) is 6.51. The number of thiophene rings is 1. The molecule has 0 saturated carbocycles. The van der Waals surface area contributed by atoms with E-state index in [-0.39, 0.29) is 5.92 Å². The molecule has 1 amide bonds. The van der Waals surface area contributed by atoms with Crippen molar-refractivity contribution < 1.29 is 13.6 Å². The second-order valence-corrected chi connectivity index (χ2v) is 9.00. The average molecular weight is 445 g/mol. The number of hydrogen-bond acceptors (Lipinski definition) is 3. The molecule has 0 saturated heterocycles. The molecule has 1 aromatic carbocycles. The van der Waals surface area contributed by atoms with Gasteiger partial charge in [0.1, 0.15) is 5.69 Å². The van der Waals surface area contributed by atoms with E-state index in [0.717, 1.165) is 27.6 Å². The van der Waals surface area contributed by atoms with Gasteiger partial charge in [-0.2, -0.15) is 8.78 Å². The van der Waals surface area contributed by atoms with Crippen molar-refractivity contribution in [3.05, 3.63) is 98.5 Å². The van der Waals surface area contributed by atoms with E-state index in [2.05, 4.69) is 4.98 Å². The Morgan fingerprint density at radius 3 is 2.73 bits per heavy atom. The van der Waals surface area contributed by atoms with Crippen LogP contribution < -0.4 is 0 Å². The molecule has 0 unspecified atom stereocenters. The van der Waals surface area contributed by atoms with E-state index < -0.39 is 17.5 Å². The van der Waals surface area contributed by atoms with Crippen LogP contribution in [0.25, 0.3) is 0 Å². The lowest BCUT2D eigenvalue weighted by Gasteiger charge is -2.33. The molecule has 0 bridgehead atoms. The average Bonchev–Trinajstić information content (AvgIpc) is 3.12. The summed E-state index contributed by atoms with van der Waals surface area (Å²) in [5.41, 5.74) is 2.93. The summed E-state index contributed by atoms with van der Waals surface area (Å²) in [5.74, 6) is -3.83. The van der Waals surface area contributed by atoms with Gasteiger partial charge in [-0.05, 0) is 47.9 Å². The third kappa shape index (κ3) is 4.16. The fourth-order valence-corrected chi connectivity index (χ4v) is 5.08. The fourth-order valence-electron chi connectivity index (χ4n) is 3.72. The van der Waals surface area contributed by atoms with Crippen molar-refractivity contribution >= 4 is 28.8 Å². The maximum absolute atomic E-state index is 14.4. The number of alkyl halides is 2. The highest BCUT2D eigenvalue weighted by atomic mass is 35.5. The van der Waals surface area contributed by atoms with Gasteiger partial charge in [0.2, 0.25) is 5.91 Å². The maximum Gasteiger partial charge on any atom is 0.308 e. The largest absolute Gasteiger partial charge is 0.333 e. The first kappa shape index (κ1) is 20.7. The molecule has 0 aliphatic carbocycles. The maximum atomic E-state index is 14.4. The zero-order valence-electron chi connectivity index (χ0n) is 16.2. The standard InChI is InChI=1S/C23H19ClF2N2OS/c1-15-6-2-3-7-16(15)18-13-28(14-19-17(18)12-21(24)30-19)22(29)9-10-23(25,26)20-8-4-5-11-27-20/h2-12,18H,13-14H2,1H3/b10-9+/t18-/m1/s1. The number of carbonyl (C=O) groups excluding carboxylic acids is 1. The molecule has 1 aliphatic heterocycles. The molecule has 30 heavy (non-hydrogen) atoms. The topological polar surface area (TPSA) is 33.2 Å². The summed E-state index contributed by atoms with van der Waals surface area (Å²) in [6.07, 6.45) is 2.87. The number of halogens is 3. The van der Waals surface area contributed by atoms with Gasteiger partial charge in [-0.3, -0.25) is 9.78 Å². The molecule has 0 fully saturated rings. The van der Waals surface area contributed by atoms with Crippen molar-refractivity contribution in [1.29, 1.82) is 0 Å². The molecule has 3 aromatic rings. The van der Waals surface area contributed by atoms with Crippen LogP contribution in [0.3, 0.4) is 0 Å². The number of hydrogen-bond donors (Lipinski definition) is 0. The number of aromatic nitrogens is 1. The first-order valence-electron chi connectivity index (χ1n) is 9.46. The molecule has 1 atom stereocenters. The third-order valence-electron chi connectivity index (χ3n) is 5.24. The highest BCUT2D eigenvalue weighted by molar-refractivity contribution is 7.16. The minimum absolute atomic E-state index is 0.0487. The number of fused-ring (bicyclic) bond motifs is 1. The normalized spacial score (nSPS) is 16.7. The van der Waals surface area contributed by atoms with Gasteiger partial charge in [-0.1, -0.05) is 41.9 Å². The number of aryl methyl sites for hydroxylation is 1. The molecule has 154 valence electrons. The van der Waals surface area contributed by atoms with E-state index in [1.54, 1.807) is 11.0 Å². The predicted molar refractivity (Wildman–Crippen MR) is 115 cm³/mol. The van der Waals surface area contributed by atoms with Crippen LogP contribution in [0.4, 0.5) is 8.78 Å². The number of allylic oxidation sites excluding steroid dienone is 1. The van der Waals surface area contributed by atoms with Crippen LogP contribution in [0.2, 0.25) is 4.34 Å². The van der Waals surface area contributed by atoms with Crippen molar-refractivity contribution in [3.8, 4) is 0 Å². The molecular weight excluding hydrogens is 426 g/mol. The number of benzene rings is 1. The Kier molecular flexibility index (Phi) is 5.71. The summed E-state index contributed by atoms with van der Waals surface area (Å²) >= 11 is 7.68. The summed E-state index contributed by atoms with van der Waals surface area (Å²) in [5, 5.41) is 0. The van der Waals surface area contributed by atoms with Gasteiger partial charge in [0, 0.05) is 29.6 Å². The molecule has 3 nitrogen and oxygen atoms in total. The second-order valence-electron chi connectivity index (χ2n) is 7.23. The lowest BCUT2D eigenvalue weighted by atomic mass is 9.86. The number of rotatable bonds is 4. The first-order chi connectivity index (χ1) is 14.3. The van der Waals surface area contributed by atoms with E-state index in [1.807, 2.05) is 37.3 Å². The lowest BCUT2D eigenvalue weighted by molar-refractivity contribution is -0.127. The number of pyridine rings is 1. The van der Waals surface area contributed by atoms with E-state index >= 15 is 0 Å². The van der Waals surface area contributed by atoms with Crippen LogP contribution in [0.15, 0.2) is 66.9 Å². The van der Waals surface area contributed by atoms with Gasteiger partial charge in [0.05, 0.1) is 10.9 Å². The van der Waals surface area contributed by atoms with Crippen molar-refractivity contribution in [1.82, 2.24) is 9.88 Å². The van der Waals surface area contributed by atoms with Gasteiger partial charge in [0.15, 0.2) is 0 Å². The Morgan fingerprint density at radius 2 is 2.00 bits per heavy atom. The molecule has 1 aliphatic rings. The van der Waals surface area contributed by atoms with Crippen LogP contribution >= 0.6 is 22.9 Å². The molecule has 0 radical (unpaired) electrons. The van der Waals surface area contributed by atoms with Gasteiger partial charge in [-0.15, -0.1) is 11.3 Å². The Hall–Kier alpha value is -2.57. The monoisotopic (exact) mass is 444 g/mol.